The fraction of sp³-hybridized carbons (Fsp3) is 0.525. The van der Waals surface area contributed by atoms with Crippen molar-refractivity contribution < 1.29 is 46.6 Å². The zero-order valence-corrected chi connectivity index (χ0v) is 31.5. The maximum atomic E-state index is 14.3. The van der Waals surface area contributed by atoms with E-state index in [1.165, 1.54) is 0 Å². The molecule has 0 aliphatic carbocycles. The number of ether oxygens (including phenoxy) is 5. The van der Waals surface area contributed by atoms with Gasteiger partial charge in [-0.05, 0) is 50.3 Å². The number of esters is 1. The molecule has 0 N–H and O–H groups in total. The lowest BCUT2D eigenvalue weighted by Crippen LogP contribution is -2.62. The molecule has 0 amide bonds. The molecule has 11 heteroatoms. The lowest BCUT2D eigenvalue weighted by atomic mass is 9.95. The minimum atomic E-state index is -4.21. The lowest BCUT2D eigenvalue weighted by molar-refractivity contribution is -0.307. The molecule has 1 fully saturated rings. The first-order valence-corrected chi connectivity index (χ1v) is 19.4. The van der Waals surface area contributed by atoms with E-state index in [4.69, 9.17) is 37.3 Å². The number of benzene rings is 3. The topological polar surface area (TPSA) is 108 Å². The molecule has 1 heterocycles. The second-order valence-electron chi connectivity index (χ2n) is 13.6. The van der Waals surface area contributed by atoms with Crippen molar-refractivity contribution in [3.8, 4) is 0 Å². The smallest absolute Gasteiger partial charge is 0.454 e. The van der Waals surface area contributed by atoms with Gasteiger partial charge in [-0.25, -0.2) is 4.57 Å². The maximum Gasteiger partial charge on any atom is 0.477 e. The van der Waals surface area contributed by atoms with E-state index in [-0.39, 0.29) is 33.0 Å². The molecule has 51 heavy (non-hydrogen) atoms. The third-order valence-electron chi connectivity index (χ3n) is 8.14. The first-order chi connectivity index (χ1) is 24.6. The molecule has 10 nitrogen and oxygen atoms in total. The molecule has 0 aromatic heterocycles. The average Bonchev–Trinajstić information content (AvgIpc) is 3.12. The Bertz CT molecular complexity index is 1440. The van der Waals surface area contributed by atoms with Crippen molar-refractivity contribution in [2.24, 2.45) is 5.41 Å². The molecule has 1 saturated heterocycles. The second kappa shape index (κ2) is 20.9. The second-order valence-corrected chi connectivity index (χ2v) is 15.2. The highest BCUT2D eigenvalue weighted by Crippen LogP contribution is 2.53. The molecule has 4 rings (SSSR count). The van der Waals surface area contributed by atoms with Crippen LogP contribution in [0.15, 0.2) is 91.0 Å². The lowest BCUT2D eigenvalue weighted by Gasteiger charge is -2.46. The quantitative estimate of drug-likeness (QED) is 0.0600. The zero-order chi connectivity index (χ0) is 36.5. The van der Waals surface area contributed by atoms with E-state index in [1.807, 2.05) is 105 Å². The third-order valence-corrected chi connectivity index (χ3v) is 9.60. The monoisotopic (exact) mass is 726 g/mol. The van der Waals surface area contributed by atoms with Gasteiger partial charge in [-0.15, -0.1) is 0 Å². The van der Waals surface area contributed by atoms with Crippen LogP contribution in [0.1, 0.15) is 77.0 Å². The Balaban J connectivity index is 1.73. The van der Waals surface area contributed by atoms with Crippen molar-refractivity contribution in [1.82, 2.24) is 0 Å². The number of carbonyl (C=O) groups is 1. The van der Waals surface area contributed by atoms with Crippen LogP contribution < -0.4 is 0 Å². The van der Waals surface area contributed by atoms with Crippen molar-refractivity contribution in [3.63, 3.8) is 0 Å². The molecule has 0 bridgehead atoms. The Morgan fingerprint density at radius 3 is 1.63 bits per heavy atom. The predicted octanol–water partition coefficient (Wildman–Crippen LogP) is 8.81. The van der Waals surface area contributed by atoms with Gasteiger partial charge in [0.1, 0.15) is 18.3 Å². The van der Waals surface area contributed by atoms with Crippen LogP contribution in [0.5, 0.6) is 0 Å². The standard InChI is InChI=1S/C40H55O10P/c1-6-8-25-46-51(42,47-26-9-7-2)50-38-37(49-39(41)40(3,4)5)36(45-29-33-23-17-12-18-24-33)35(44-28-32-21-15-11-16-22-32)34(48-38)30-43-27-31-19-13-10-14-20-31/h10-24,34-38H,6-9,25-30H2,1-5H3/t34?,35-,36?,37?,38-/m1/s1. The first kappa shape index (κ1) is 40.8. The third kappa shape index (κ3) is 13.5. The Kier molecular flexibility index (Phi) is 16.8. The molecule has 0 spiro atoms. The van der Waals surface area contributed by atoms with Gasteiger partial charge in [0.2, 0.25) is 6.29 Å². The highest BCUT2D eigenvalue weighted by Gasteiger charge is 2.53. The molecule has 1 aliphatic rings. The molecule has 3 aromatic carbocycles. The van der Waals surface area contributed by atoms with Crippen LogP contribution >= 0.6 is 7.82 Å². The van der Waals surface area contributed by atoms with Crippen molar-refractivity contribution >= 4 is 13.8 Å². The molecular weight excluding hydrogens is 671 g/mol. The molecule has 5 atom stereocenters. The van der Waals surface area contributed by atoms with Crippen LogP contribution in [0.3, 0.4) is 0 Å². The van der Waals surface area contributed by atoms with Gasteiger partial charge in [-0.2, -0.15) is 0 Å². The molecule has 280 valence electrons. The van der Waals surface area contributed by atoms with Gasteiger partial charge < -0.3 is 23.7 Å². The van der Waals surface area contributed by atoms with Crippen LogP contribution in [-0.2, 0) is 66.4 Å². The Morgan fingerprint density at radius 1 is 0.686 bits per heavy atom. The van der Waals surface area contributed by atoms with E-state index in [2.05, 4.69) is 0 Å². The molecule has 3 aromatic rings. The number of phosphoric ester groups is 1. The summed E-state index contributed by atoms with van der Waals surface area (Å²) in [6.07, 6.45) is -2.24. The maximum absolute atomic E-state index is 14.3. The fourth-order valence-electron chi connectivity index (χ4n) is 5.18. The summed E-state index contributed by atoms with van der Waals surface area (Å²) in [7, 11) is -4.21. The Hall–Kier alpha value is -2.92. The summed E-state index contributed by atoms with van der Waals surface area (Å²) >= 11 is 0. The number of hydrogen-bond donors (Lipinski definition) is 0. The van der Waals surface area contributed by atoms with Gasteiger partial charge in [0.25, 0.3) is 0 Å². The average molecular weight is 727 g/mol. The van der Waals surface area contributed by atoms with E-state index in [0.29, 0.717) is 19.4 Å². The van der Waals surface area contributed by atoms with Crippen LogP contribution in [0.25, 0.3) is 0 Å². The number of rotatable bonds is 21. The molecule has 0 saturated carbocycles. The fourth-order valence-corrected chi connectivity index (χ4v) is 6.51. The first-order valence-electron chi connectivity index (χ1n) is 18.0. The van der Waals surface area contributed by atoms with Crippen LogP contribution in [0.4, 0.5) is 0 Å². The van der Waals surface area contributed by atoms with Gasteiger partial charge in [0.15, 0.2) is 6.10 Å². The number of carbonyl (C=O) groups excluding carboxylic acids is 1. The molecule has 0 radical (unpaired) electrons. The van der Waals surface area contributed by atoms with E-state index in [1.54, 1.807) is 20.8 Å². The highest BCUT2D eigenvalue weighted by atomic mass is 31.2. The van der Waals surface area contributed by atoms with Crippen molar-refractivity contribution in [2.75, 3.05) is 19.8 Å². The molecule has 1 aliphatic heterocycles. The Labute approximate surface area is 303 Å². The number of unbranched alkanes of at least 4 members (excludes halogenated alkanes) is 2. The highest BCUT2D eigenvalue weighted by molar-refractivity contribution is 7.48. The largest absolute Gasteiger partial charge is 0.477 e. The Morgan fingerprint density at radius 2 is 1.16 bits per heavy atom. The van der Waals surface area contributed by atoms with Crippen LogP contribution in [-0.4, -0.2) is 56.5 Å². The van der Waals surface area contributed by atoms with Crippen molar-refractivity contribution in [1.29, 1.82) is 0 Å². The van der Waals surface area contributed by atoms with Gasteiger partial charge in [0.05, 0.1) is 45.1 Å². The van der Waals surface area contributed by atoms with Crippen molar-refractivity contribution in [2.45, 2.75) is 111 Å². The van der Waals surface area contributed by atoms with Gasteiger partial charge in [-0.1, -0.05) is 118 Å². The normalized spacial score (nSPS) is 21.0. The predicted molar refractivity (Wildman–Crippen MR) is 195 cm³/mol. The summed E-state index contributed by atoms with van der Waals surface area (Å²) in [5, 5.41) is 0. The molecular formula is C40H55O10P. The minimum absolute atomic E-state index is 0.0665. The summed E-state index contributed by atoms with van der Waals surface area (Å²) in [5.41, 5.74) is 1.93. The number of hydrogen-bond acceptors (Lipinski definition) is 10. The van der Waals surface area contributed by atoms with Gasteiger partial charge >= 0.3 is 13.8 Å². The van der Waals surface area contributed by atoms with E-state index in [0.717, 1.165) is 29.5 Å². The van der Waals surface area contributed by atoms with Gasteiger partial charge in [-0.3, -0.25) is 18.4 Å². The summed E-state index contributed by atoms with van der Waals surface area (Å²) in [4.78, 5) is 13.6. The van der Waals surface area contributed by atoms with E-state index < -0.39 is 49.9 Å². The minimum Gasteiger partial charge on any atom is -0.454 e. The van der Waals surface area contributed by atoms with E-state index >= 15 is 0 Å². The van der Waals surface area contributed by atoms with Crippen LogP contribution in [0.2, 0.25) is 0 Å². The van der Waals surface area contributed by atoms with Crippen LogP contribution in [0, 0.1) is 5.41 Å². The summed E-state index contributed by atoms with van der Waals surface area (Å²) in [5.74, 6) is -0.521. The van der Waals surface area contributed by atoms with E-state index in [9.17, 15) is 9.36 Å². The van der Waals surface area contributed by atoms with Gasteiger partial charge in [0, 0.05) is 0 Å². The summed E-state index contributed by atoms with van der Waals surface area (Å²) in [6.45, 7) is 10.3. The van der Waals surface area contributed by atoms with Crippen molar-refractivity contribution in [3.05, 3.63) is 108 Å². The zero-order valence-electron chi connectivity index (χ0n) is 30.6. The number of phosphoric acid groups is 1. The summed E-state index contributed by atoms with van der Waals surface area (Å²) < 4.78 is 64.3. The SMILES string of the molecule is CCCCOP(=O)(OCCCC)O[C@H]1OC(COCc2ccccc2)[C@@H](OCc2ccccc2)C(OCc2ccccc2)C1OC(=O)C(C)(C)C. The molecule has 3 unspecified atom stereocenters. The summed E-state index contributed by atoms with van der Waals surface area (Å²) in [6, 6.07) is 29.2.